The Morgan fingerprint density at radius 1 is 1.39 bits per heavy atom. The first-order valence-corrected chi connectivity index (χ1v) is 5.86. The van der Waals surface area contributed by atoms with Crippen molar-refractivity contribution in [1.29, 1.82) is 0 Å². The minimum absolute atomic E-state index is 0.229. The second kappa shape index (κ2) is 4.64. The molecule has 1 aromatic carbocycles. The smallest absolute Gasteiger partial charge is 0.329 e. The summed E-state index contributed by atoms with van der Waals surface area (Å²) in [6, 6.07) is 7.28. The number of benzene rings is 1. The summed E-state index contributed by atoms with van der Waals surface area (Å²) in [5, 5.41) is 8.84. The number of amides is 1. The minimum Gasteiger partial charge on any atom is -0.478 e. The molecule has 0 saturated carbocycles. The summed E-state index contributed by atoms with van der Waals surface area (Å²) < 4.78 is 0. The summed E-state index contributed by atoms with van der Waals surface area (Å²) in [5.41, 5.74) is 1.76. The third kappa shape index (κ3) is 2.14. The molecule has 1 aliphatic heterocycles. The lowest BCUT2D eigenvalue weighted by atomic mass is 10.1. The molecule has 0 aromatic heterocycles. The van der Waals surface area contributed by atoms with E-state index in [0.717, 1.165) is 11.8 Å². The highest BCUT2D eigenvalue weighted by molar-refractivity contribution is 6.34. The highest BCUT2D eigenvalue weighted by Crippen LogP contribution is 2.36. The maximum atomic E-state index is 12.2. The van der Waals surface area contributed by atoms with Gasteiger partial charge in [0, 0.05) is 18.2 Å². The Bertz CT molecular complexity index is 532. The summed E-state index contributed by atoms with van der Waals surface area (Å²) in [5.74, 6) is -1.00. The standard InChI is InChI=1S/C14H15NO3/c1-9(2)8-15-12-6-4-3-5-10(12)11(14(15)18)7-13(16)17/h3-7,9H,8H2,1-2H3,(H,16,17). The highest BCUT2D eigenvalue weighted by Gasteiger charge is 2.32. The fourth-order valence-corrected chi connectivity index (χ4v) is 2.12. The fourth-order valence-electron chi connectivity index (χ4n) is 2.12. The molecule has 1 amide bonds. The number of nitrogens with zero attached hydrogens (tertiary/aromatic N) is 1. The van der Waals surface area contributed by atoms with E-state index in [1.807, 2.05) is 26.0 Å². The van der Waals surface area contributed by atoms with Crippen LogP contribution in [0.5, 0.6) is 0 Å². The van der Waals surface area contributed by atoms with Crippen molar-refractivity contribution in [3.05, 3.63) is 35.9 Å². The molecular weight excluding hydrogens is 230 g/mol. The molecule has 0 spiro atoms. The first kappa shape index (κ1) is 12.4. The molecule has 1 heterocycles. The first-order valence-electron chi connectivity index (χ1n) is 5.86. The van der Waals surface area contributed by atoms with E-state index in [-0.39, 0.29) is 11.5 Å². The van der Waals surface area contributed by atoms with Gasteiger partial charge in [0.05, 0.1) is 11.3 Å². The number of anilines is 1. The molecule has 94 valence electrons. The largest absolute Gasteiger partial charge is 0.478 e. The van der Waals surface area contributed by atoms with E-state index in [1.165, 1.54) is 0 Å². The number of aliphatic carboxylic acids is 1. The van der Waals surface area contributed by atoms with Crippen molar-refractivity contribution in [2.75, 3.05) is 11.4 Å². The van der Waals surface area contributed by atoms with Gasteiger partial charge in [-0.05, 0) is 12.0 Å². The van der Waals surface area contributed by atoms with Gasteiger partial charge in [0.15, 0.2) is 0 Å². The summed E-state index contributed by atoms with van der Waals surface area (Å²) in [6.45, 7) is 4.64. The van der Waals surface area contributed by atoms with Crippen molar-refractivity contribution < 1.29 is 14.7 Å². The van der Waals surface area contributed by atoms with Crippen molar-refractivity contribution >= 4 is 23.1 Å². The van der Waals surface area contributed by atoms with E-state index in [2.05, 4.69) is 0 Å². The minimum atomic E-state index is -1.10. The molecule has 0 atom stereocenters. The molecule has 0 fully saturated rings. The number of fused-ring (bicyclic) bond motifs is 1. The topological polar surface area (TPSA) is 57.6 Å². The molecule has 18 heavy (non-hydrogen) atoms. The number of para-hydroxylation sites is 1. The van der Waals surface area contributed by atoms with E-state index in [9.17, 15) is 9.59 Å². The van der Waals surface area contributed by atoms with Crippen LogP contribution in [-0.2, 0) is 9.59 Å². The van der Waals surface area contributed by atoms with Crippen LogP contribution < -0.4 is 4.90 Å². The monoisotopic (exact) mass is 245 g/mol. The molecule has 1 aromatic rings. The van der Waals surface area contributed by atoms with E-state index in [4.69, 9.17) is 5.11 Å². The van der Waals surface area contributed by atoms with Crippen molar-refractivity contribution in [3.8, 4) is 0 Å². The zero-order chi connectivity index (χ0) is 13.3. The number of carboxylic acids is 1. The Labute approximate surface area is 106 Å². The van der Waals surface area contributed by atoms with Gasteiger partial charge in [-0.2, -0.15) is 0 Å². The number of carbonyl (C=O) groups excluding carboxylic acids is 1. The summed E-state index contributed by atoms with van der Waals surface area (Å²) >= 11 is 0. The van der Waals surface area contributed by atoms with Crippen LogP contribution in [0.15, 0.2) is 30.3 Å². The molecule has 0 radical (unpaired) electrons. The highest BCUT2D eigenvalue weighted by atomic mass is 16.4. The Balaban J connectivity index is 2.50. The lowest BCUT2D eigenvalue weighted by molar-refractivity contribution is -0.131. The van der Waals surface area contributed by atoms with Gasteiger partial charge in [-0.1, -0.05) is 32.0 Å². The molecule has 1 N–H and O–H groups in total. The molecule has 4 heteroatoms. The number of hydrogen-bond donors (Lipinski definition) is 1. The average Bonchev–Trinajstić information content (AvgIpc) is 2.54. The van der Waals surface area contributed by atoms with Crippen LogP contribution in [0.3, 0.4) is 0 Å². The molecule has 1 aliphatic rings. The summed E-state index contributed by atoms with van der Waals surface area (Å²) in [6.07, 6.45) is 0.988. The number of carbonyl (C=O) groups is 2. The van der Waals surface area contributed by atoms with Crippen molar-refractivity contribution in [2.45, 2.75) is 13.8 Å². The second-order valence-electron chi connectivity index (χ2n) is 4.72. The Hall–Kier alpha value is -2.10. The third-order valence-electron chi connectivity index (χ3n) is 2.78. The van der Waals surface area contributed by atoms with Gasteiger partial charge >= 0.3 is 5.97 Å². The Kier molecular flexibility index (Phi) is 3.19. The zero-order valence-electron chi connectivity index (χ0n) is 10.4. The van der Waals surface area contributed by atoms with E-state index < -0.39 is 5.97 Å². The van der Waals surface area contributed by atoms with Gasteiger partial charge in [0.25, 0.3) is 5.91 Å². The molecule has 0 saturated heterocycles. The molecule has 2 rings (SSSR count). The molecule has 0 bridgehead atoms. The van der Waals surface area contributed by atoms with Gasteiger partial charge in [0.2, 0.25) is 0 Å². The van der Waals surface area contributed by atoms with Crippen LogP contribution in [0.2, 0.25) is 0 Å². The lowest BCUT2D eigenvalue weighted by Crippen LogP contribution is -2.30. The van der Waals surface area contributed by atoms with E-state index >= 15 is 0 Å². The van der Waals surface area contributed by atoms with Gasteiger partial charge < -0.3 is 10.0 Å². The second-order valence-corrected chi connectivity index (χ2v) is 4.72. The summed E-state index contributed by atoms with van der Waals surface area (Å²) in [7, 11) is 0. The number of carboxylic acid groups (broad SMARTS) is 1. The lowest BCUT2D eigenvalue weighted by Gasteiger charge is -2.19. The molecule has 4 nitrogen and oxygen atoms in total. The SMILES string of the molecule is CC(C)CN1C(=O)C(=CC(=O)O)c2ccccc21. The van der Waals surface area contributed by atoms with Gasteiger partial charge in [-0.3, -0.25) is 4.79 Å². The quantitative estimate of drug-likeness (QED) is 0.830. The van der Waals surface area contributed by atoms with Crippen LogP contribution in [0.1, 0.15) is 19.4 Å². The summed E-state index contributed by atoms with van der Waals surface area (Å²) in [4.78, 5) is 24.7. The van der Waals surface area contributed by atoms with Gasteiger partial charge in [0.1, 0.15) is 0 Å². The number of rotatable bonds is 3. The molecule has 0 unspecified atom stereocenters. The normalized spacial score (nSPS) is 16.5. The van der Waals surface area contributed by atoms with E-state index in [1.54, 1.807) is 17.0 Å². The first-order chi connectivity index (χ1) is 8.50. The predicted molar refractivity (Wildman–Crippen MR) is 69.2 cm³/mol. The van der Waals surface area contributed by atoms with Crippen LogP contribution in [-0.4, -0.2) is 23.5 Å². The number of hydrogen-bond acceptors (Lipinski definition) is 2. The van der Waals surface area contributed by atoms with Crippen LogP contribution in [0, 0.1) is 5.92 Å². The fraction of sp³-hybridized carbons (Fsp3) is 0.286. The van der Waals surface area contributed by atoms with Crippen LogP contribution in [0.4, 0.5) is 5.69 Å². The zero-order valence-corrected chi connectivity index (χ0v) is 10.4. The van der Waals surface area contributed by atoms with Crippen molar-refractivity contribution in [1.82, 2.24) is 0 Å². The van der Waals surface area contributed by atoms with Crippen molar-refractivity contribution in [2.24, 2.45) is 5.92 Å². The Morgan fingerprint density at radius 3 is 2.67 bits per heavy atom. The third-order valence-corrected chi connectivity index (χ3v) is 2.78. The maximum absolute atomic E-state index is 12.2. The molecule has 0 aliphatic carbocycles. The van der Waals surface area contributed by atoms with E-state index in [0.29, 0.717) is 18.0 Å². The average molecular weight is 245 g/mol. The molecular formula is C14H15NO3. The van der Waals surface area contributed by atoms with Crippen molar-refractivity contribution in [3.63, 3.8) is 0 Å². The van der Waals surface area contributed by atoms with Crippen LogP contribution >= 0.6 is 0 Å². The predicted octanol–water partition coefficient (Wildman–Crippen LogP) is 2.16. The van der Waals surface area contributed by atoms with Crippen LogP contribution in [0.25, 0.3) is 5.57 Å². The maximum Gasteiger partial charge on any atom is 0.329 e. The Morgan fingerprint density at radius 2 is 2.06 bits per heavy atom. The van der Waals surface area contributed by atoms with Gasteiger partial charge in [-0.25, -0.2) is 4.79 Å². The van der Waals surface area contributed by atoms with Gasteiger partial charge in [-0.15, -0.1) is 0 Å².